The van der Waals surface area contributed by atoms with Gasteiger partial charge in [-0.25, -0.2) is 0 Å². The maximum atomic E-state index is 5.87. The summed E-state index contributed by atoms with van der Waals surface area (Å²) in [5.41, 5.74) is 8.15. The van der Waals surface area contributed by atoms with Crippen molar-refractivity contribution in [2.24, 2.45) is 0 Å². The maximum Gasteiger partial charge on any atom is 0.187 e. The summed E-state index contributed by atoms with van der Waals surface area (Å²) in [5.74, 6) is 1.35. The van der Waals surface area contributed by atoms with Crippen molar-refractivity contribution in [2.75, 3.05) is 12.8 Å². The molecule has 0 atom stereocenters. The lowest BCUT2D eigenvalue weighted by atomic mass is 10.2. The van der Waals surface area contributed by atoms with Crippen LogP contribution in [0.25, 0.3) is 17.1 Å². The molecule has 0 aliphatic rings. The summed E-state index contributed by atoms with van der Waals surface area (Å²) in [7, 11) is 1.62. The predicted molar refractivity (Wildman–Crippen MR) is 83.3 cm³/mol. The summed E-state index contributed by atoms with van der Waals surface area (Å²) in [6.07, 6.45) is 0. The molecule has 6 nitrogen and oxygen atoms in total. The van der Waals surface area contributed by atoms with Gasteiger partial charge in [0.2, 0.25) is 0 Å². The molecule has 3 aromatic rings. The van der Waals surface area contributed by atoms with E-state index in [0.29, 0.717) is 11.5 Å². The van der Waals surface area contributed by atoms with Gasteiger partial charge < -0.3 is 10.5 Å². The fourth-order valence-corrected chi connectivity index (χ4v) is 2.54. The first-order valence-corrected chi connectivity index (χ1v) is 6.96. The number of tetrazole rings is 1. The van der Waals surface area contributed by atoms with E-state index in [1.54, 1.807) is 11.8 Å². The maximum absolute atomic E-state index is 5.87. The van der Waals surface area contributed by atoms with Gasteiger partial charge in [-0.2, -0.15) is 4.68 Å². The van der Waals surface area contributed by atoms with E-state index in [1.807, 2.05) is 42.5 Å². The standard InChI is InChI=1S/C14H12BrN5O/c1-21-13-4-2-3-12(8-13)20-14(17-18-19-20)9-5-10(15)7-11(16)6-9/h2-8H,16H2,1H3. The summed E-state index contributed by atoms with van der Waals surface area (Å²) in [5, 5.41) is 11.9. The van der Waals surface area contributed by atoms with Crippen molar-refractivity contribution >= 4 is 21.6 Å². The molecule has 0 fully saturated rings. The van der Waals surface area contributed by atoms with Gasteiger partial charge >= 0.3 is 0 Å². The number of hydrogen-bond acceptors (Lipinski definition) is 5. The first-order chi connectivity index (χ1) is 10.2. The minimum Gasteiger partial charge on any atom is -0.497 e. The Morgan fingerprint density at radius 3 is 2.81 bits per heavy atom. The van der Waals surface area contributed by atoms with Gasteiger partial charge in [-0.3, -0.25) is 0 Å². The SMILES string of the molecule is COc1cccc(-n2nnnc2-c2cc(N)cc(Br)c2)c1. The molecule has 0 spiro atoms. The summed E-state index contributed by atoms with van der Waals surface area (Å²) in [4.78, 5) is 0. The molecule has 0 unspecified atom stereocenters. The molecule has 3 rings (SSSR count). The smallest absolute Gasteiger partial charge is 0.187 e. The highest BCUT2D eigenvalue weighted by Gasteiger charge is 2.12. The molecule has 0 bridgehead atoms. The third-order valence-corrected chi connectivity index (χ3v) is 3.40. The van der Waals surface area contributed by atoms with E-state index in [-0.39, 0.29) is 0 Å². The number of nitrogens with zero attached hydrogens (tertiary/aromatic N) is 4. The number of nitrogen functional groups attached to an aromatic ring is 1. The largest absolute Gasteiger partial charge is 0.497 e. The van der Waals surface area contributed by atoms with Crippen LogP contribution in [-0.2, 0) is 0 Å². The van der Waals surface area contributed by atoms with Gasteiger partial charge in [0.25, 0.3) is 0 Å². The fraction of sp³-hybridized carbons (Fsp3) is 0.0714. The first kappa shape index (κ1) is 13.6. The van der Waals surface area contributed by atoms with Gasteiger partial charge in [0.15, 0.2) is 5.82 Å². The second-order valence-electron chi connectivity index (χ2n) is 4.39. The van der Waals surface area contributed by atoms with Gasteiger partial charge in [0.05, 0.1) is 12.8 Å². The van der Waals surface area contributed by atoms with Gasteiger partial charge in [0.1, 0.15) is 5.75 Å². The van der Waals surface area contributed by atoms with Crippen molar-refractivity contribution in [3.05, 3.63) is 46.9 Å². The van der Waals surface area contributed by atoms with Crippen LogP contribution in [-0.4, -0.2) is 27.3 Å². The highest BCUT2D eigenvalue weighted by molar-refractivity contribution is 9.10. The number of halogens is 1. The normalized spacial score (nSPS) is 10.6. The molecule has 1 heterocycles. The number of nitrogens with two attached hydrogens (primary N) is 1. The van der Waals surface area contributed by atoms with Crippen molar-refractivity contribution in [1.82, 2.24) is 20.2 Å². The van der Waals surface area contributed by atoms with E-state index in [9.17, 15) is 0 Å². The van der Waals surface area contributed by atoms with Crippen molar-refractivity contribution in [3.8, 4) is 22.8 Å². The van der Waals surface area contributed by atoms with Crippen LogP contribution in [0.3, 0.4) is 0 Å². The van der Waals surface area contributed by atoms with Crippen LogP contribution in [0.4, 0.5) is 5.69 Å². The summed E-state index contributed by atoms with van der Waals surface area (Å²) in [6, 6.07) is 13.1. The van der Waals surface area contributed by atoms with Crippen LogP contribution < -0.4 is 10.5 Å². The molecule has 2 N–H and O–H groups in total. The molecular formula is C14H12BrN5O. The topological polar surface area (TPSA) is 78.8 Å². The monoisotopic (exact) mass is 345 g/mol. The third-order valence-electron chi connectivity index (χ3n) is 2.95. The Labute approximate surface area is 129 Å². The second kappa shape index (κ2) is 5.53. The highest BCUT2D eigenvalue weighted by atomic mass is 79.9. The second-order valence-corrected chi connectivity index (χ2v) is 5.30. The van der Waals surface area contributed by atoms with Crippen LogP contribution in [0.2, 0.25) is 0 Å². The molecule has 0 saturated heterocycles. The molecule has 0 aliphatic carbocycles. The molecular weight excluding hydrogens is 334 g/mol. The zero-order valence-corrected chi connectivity index (χ0v) is 12.8. The number of benzene rings is 2. The van der Waals surface area contributed by atoms with Crippen molar-refractivity contribution in [3.63, 3.8) is 0 Å². The van der Waals surface area contributed by atoms with E-state index in [2.05, 4.69) is 31.5 Å². The van der Waals surface area contributed by atoms with Gasteiger partial charge in [0, 0.05) is 21.8 Å². The zero-order valence-electron chi connectivity index (χ0n) is 11.2. The average molecular weight is 346 g/mol. The van der Waals surface area contributed by atoms with Crippen molar-refractivity contribution in [2.45, 2.75) is 0 Å². The lowest BCUT2D eigenvalue weighted by Crippen LogP contribution is -2.00. The van der Waals surface area contributed by atoms with E-state index in [1.165, 1.54) is 0 Å². The minimum atomic E-state index is 0.608. The molecule has 106 valence electrons. The number of ether oxygens (including phenoxy) is 1. The Hall–Kier alpha value is -2.41. The number of methoxy groups -OCH3 is 1. The Kier molecular flexibility index (Phi) is 3.57. The number of anilines is 1. The Balaban J connectivity index is 2.12. The molecule has 0 saturated carbocycles. The predicted octanol–water partition coefficient (Wildman–Crippen LogP) is 2.68. The van der Waals surface area contributed by atoms with Gasteiger partial charge in [-0.15, -0.1) is 5.10 Å². The molecule has 21 heavy (non-hydrogen) atoms. The summed E-state index contributed by atoms with van der Waals surface area (Å²) < 4.78 is 7.74. The average Bonchev–Trinajstić information content (AvgIpc) is 2.96. The molecule has 0 aliphatic heterocycles. The van der Waals surface area contributed by atoms with Gasteiger partial charge in [-0.05, 0) is 40.8 Å². The van der Waals surface area contributed by atoms with E-state index < -0.39 is 0 Å². The number of aromatic nitrogens is 4. The van der Waals surface area contributed by atoms with Crippen LogP contribution in [0, 0.1) is 0 Å². The molecule has 2 aromatic carbocycles. The van der Waals surface area contributed by atoms with Crippen molar-refractivity contribution < 1.29 is 4.74 Å². The lowest BCUT2D eigenvalue weighted by Gasteiger charge is -2.07. The third kappa shape index (κ3) is 2.73. The summed E-state index contributed by atoms with van der Waals surface area (Å²) in [6.45, 7) is 0. The lowest BCUT2D eigenvalue weighted by molar-refractivity contribution is 0.414. The van der Waals surface area contributed by atoms with Crippen LogP contribution >= 0.6 is 15.9 Å². The zero-order chi connectivity index (χ0) is 14.8. The molecule has 0 radical (unpaired) electrons. The van der Waals surface area contributed by atoms with Crippen LogP contribution in [0.5, 0.6) is 5.75 Å². The molecule has 0 amide bonds. The number of rotatable bonds is 3. The quantitative estimate of drug-likeness (QED) is 0.738. The highest BCUT2D eigenvalue weighted by Crippen LogP contribution is 2.26. The van der Waals surface area contributed by atoms with Crippen LogP contribution in [0.1, 0.15) is 0 Å². The van der Waals surface area contributed by atoms with E-state index in [4.69, 9.17) is 10.5 Å². The molecule has 7 heteroatoms. The Morgan fingerprint density at radius 1 is 1.19 bits per heavy atom. The minimum absolute atomic E-state index is 0.608. The fourth-order valence-electron chi connectivity index (χ4n) is 2.02. The molecule has 1 aromatic heterocycles. The number of hydrogen-bond donors (Lipinski definition) is 1. The van der Waals surface area contributed by atoms with E-state index >= 15 is 0 Å². The van der Waals surface area contributed by atoms with Gasteiger partial charge in [-0.1, -0.05) is 22.0 Å². The Bertz CT molecular complexity index is 766. The Morgan fingerprint density at radius 2 is 2.05 bits per heavy atom. The van der Waals surface area contributed by atoms with E-state index in [0.717, 1.165) is 21.5 Å². The first-order valence-electron chi connectivity index (χ1n) is 6.16. The summed E-state index contributed by atoms with van der Waals surface area (Å²) >= 11 is 3.42. The van der Waals surface area contributed by atoms with Crippen molar-refractivity contribution in [1.29, 1.82) is 0 Å². The van der Waals surface area contributed by atoms with Crippen LogP contribution in [0.15, 0.2) is 46.9 Å².